The highest BCUT2D eigenvalue weighted by atomic mass is 32.1. The van der Waals surface area contributed by atoms with Crippen LogP contribution in [0.5, 0.6) is 0 Å². The van der Waals surface area contributed by atoms with Crippen LogP contribution in [-0.2, 0) is 0 Å². The molecule has 10 aromatic carbocycles. The molecule has 0 spiro atoms. The van der Waals surface area contributed by atoms with Gasteiger partial charge in [0.15, 0.2) is 0 Å². The molecule has 1 heterocycles. The van der Waals surface area contributed by atoms with E-state index in [0.717, 1.165) is 11.4 Å². The van der Waals surface area contributed by atoms with Crippen LogP contribution in [0.15, 0.2) is 200 Å². The lowest BCUT2D eigenvalue weighted by Gasteiger charge is -2.29. The van der Waals surface area contributed by atoms with E-state index in [1.54, 1.807) is 0 Å². The van der Waals surface area contributed by atoms with Gasteiger partial charge in [-0.05, 0) is 102 Å². The van der Waals surface area contributed by atoms with Gasteiger partial charge in [0.25, 0.3) is 0 Å². The molecule has 0 aliphatic heterocycles. The SMILES string of the molecule is c1ccc(-c2ccc(N(c3cc(-c4cc5ccccc5c5ccccc45)cc4ccccc34)c3cccc4sc5c6ccccc6ccc5c34)cc2)cc1. The van der Waals surface area contributed by atoms with Crippen molar-refractivity contribution in [3.05, 3.63) is 200 Å². The fourth-order valence-electron chi connectivity index (χ4n) is 8.49. The normalized spacial score (nSPS) is 11.7. The van der Waals surface area contributed by atoms with Crippen molar-refractivity contribution in [2.24, 2.45) is 0 Å². The third-order valence-electron chi connectivity index (χ3n) is 11.0. The highest BCUT2D eigenvalue weighted by molar-refractivity contribution is 7.26. The van der Waals surface area contributed by atoms with Crippen molar-refractivity contribution < 1.29 is 0 Å². The zero-order valence-corrected chi connectivity index (χ0v) is 30.2. The van der Waals surface area contributed by atoms with Gasteiger partial charge in [-0.3, -0.25) is 0 Å². The van der Waals surface area contributed by atoms with Crippen molar-refractivity contribution in [2.45, 2.75) is 0 Å². The Hall–Kier alpha value is -6.74. The lowest BCUT2D eigenvalue weighted by molar-refractivity contribution is 1.32. The quantitative estimate of drug-likeness (QED) is 0.161. The maximum atomic E-state index is 2.51. The molecule has 1 aromatic heterocycles. The molecule has 11 rings (SSSR count). The first-order valence-electron chi connectivity index (χ1n) is 18.5. The van der Waals surface area contributed by atoms with Crippen molar-refractivity contribution in [3.8, 4) is 22.3 Å². The molecule has 2 heteroatoms. The van der Waals surface area contributed by atoms with Gasteiger partial charge >= 0.3 is 0 Å². The van der Waals surface area contributed by atoms with Crippen molar-refractivity contribution in [2.75, 3.05) is 4.90 Å². The Labute approximate surface area is 317 Å². The lowest BCUT2D eigenvalue weighted by Crippen LogP contribution is -2.11. The first kappa shape index (κ1) is 30.8. The van der Waals surface area contributed by atoms with Gasteiger partial charge in [0.1, 0.15) is 0 Å². The van der Waals surface area contributed by atoms with E-state index in [-0.39, 0.29) is 0 Å². The number of hydrogen-bond donors (Lipinski definition) is 0. The summed E-state index contributed by atoms with van der Waals surface area (Å²) in [5.74, 6) is 0. The van der Waals surface area contributed by atoms with Gasteiger partial charge in [0.05, 0.1) is 11.4 Å². The first-order valence-corrected chi connectivity index (χ1v) is 19.3. The molecule has 54 heavy (non-hydrogen) atoms. The highest BCUT2D eigenvalue weighted by Gasteiger charge is 2.22. The van der Waals surface area contributed by atoms with Crippen LogP contribution in [0, 0.1) is 0 Å². The molecular formula is C52H33NS. The molecule has 0 saturated heterocycles. The standard InChI is InChI=1S/C52H33NS/c1-2-13-34(14-3-1)35-25-28-40(29-26-35)53(48-23-12-24-50-51(48)46-30-27-36-15-4-9-20-43(36)52(46)54-50)49-33-39(31-37-16-6-8-19-42(37)49)47-32-38-17-5-7-18-41(38)44-21-10-11-22-45(44)47/h1-33H. The van der Waals surface area contributed by atoms with Crippen LogP contribution in [-0.4, -0.2) is 0 Å². The molecule has 1 nitrogen and oxygen atoms in total. The summed E-state index contributed by atoms with van der Waals surface area (Å²) < 4.78 is 2.61. The number of hydrogen-bond acceptors (Lipinski definition) is 2. The Balaban J connectivity index is 1.22. The second kappa shape index (κ2) is 12.4. The highest BCUT2D eigenvalue weighted by Crippen LogP contribution is 2.49. The topological polar surface area (TPSA) is 3.24 Å². The van der Waals surface area contributed by atoms with Gasteiger partial charge in [-0.25, -0.2) is 0 Å². The van der Waals surface area contributed by atoms with Crippen LogP contribution in [0.2, 0.25) is 0 Å². The van der Waals surface area contributed by atoms with Gasteiger partial charge in [-0.15, -0.1) is 11.3 Å². The van der Waals surface area contributed by atoms with Gasteiger partial charge in [0.2, 0.25) is 0 Å². The van der Waals surface area contributed by atoms with Crippen LogP contribution in [0.1, 0.15) is 0 Å². The predicted octanol–water partition coefficient (Wildman–Crippen LogP) is 15.5. The van der Waals surface area contributed by atoms with Crippen LogP contribution >= 0.6 is 11.3 Å². The van der Waals surface area contributed by atoms with Crippen molar-refractivity contribution >= 4 is 91.7 Å². The minimum Gasteiger partial charge on any atom is -0.309 e. The molecule has 0 atom stereocenters. The summed E-state index contributed by atoms with van der Waals surface area (Å²) in [5, 5.41) is 12.6. The van der Waals surface area contributed by atoms with E-state index in [1.807, 2.05) is 11.3 Å². The van der Waals surface area contributed by atoms with Gasteiger partial charge < -0.3 is 4.90 Å². The van der Waals surface area contributed by atoms with Crippen molar-refractivity contribution in [1.29, 1.82) is 0 Å². The van der Waals surface area contributed by atoms with Gasteiger partial charge in [0, 0.05) is 31.2 Å². The summed E-state index contributed by atoms with van der Waals surface area (Å²) in [6.45, 7) is 0. The Bertz CT molecular complexity index is 3210. The molecule has 0 unspecified atom stereocenters. The van der Waals surface area contributed by atoms with Gasteiger partial charge in [-0.1, -0.05) is 158 Å². The maximum Gasteiger partial charge on any atom is 0.0555 e. The number of fused-ring (bicyclic) bond motifs is 9. The molecule has 0 aliphatic rings. The lowest BCUT2D eigenvalue weighted by atomic mass is 9.91. The third kappa shape index (κ3) is 4.92. The zero-order valence-electron chi connectivity index (χ0n) is 29.4. The fraction of sp³-hybridized carbons (Fsp3) is 0. The molecular weight excluding hydrogens is 671 g/mol. The molecule has 0 fully saturated rings. The second-order valence-corrected chi connectivity index (χ2v) is 15.1. The van der Waals surface area contributed by atoms with E-state index in [2.05, 4.69) is 205 Å². The molecule has 11 aromatic rings. The monoisotopic (exact) mass is 703 g/mol. The number of benzene rings is 10. The zero-order chi connectivity index (χ0) is 35.6. The van der Waals surface area contributed by atoms with Crippen molar-refractivity contribution in [1.82, 2.24) is 0 Å². The fourth-order valence-corrected chi connectivity index (χ4v) is 9.75. The van der Waals surface area contributed by atoms with Crippen LogP contribution in [0.4, 0.5) is 17.1 Å². The molecule has 0 aliphatic carbocycles. The summed E-state index contributed by atoms with van der Waals surface area (Å²) in [4.78, 5) is 2.51. The number of nitrogens with zero attached hydrogens (tertiary/aromatic N) is 1. The molecule has 0 radical (unpaired) electrons. The Morgan fingerprint density at radius 2 is 0.963 bits per heavy atom. The predicted molar refractivity (Wildman–Crippen MR) is 235 cm³/mol. The molecule has 0 N–H and O–H groups in total. The minimum absolute atomic E-state index is 1.12. The minimum atomic E-state index is 1.12. The summed E-state index contributed by atoms with van der Waals surface area (Å²) >= 11 is 1.89. The number of rotatable bonds is 5. The number of thiophene rings is 1. The van der Waals surface area contributed by atoms with E-state index in [1.165, 1.54) is 91.2 Å². The summed E-state index contributed by atoms with van der Waals surface area (Å²) in [5.41, 5.74) is 8.29. The van der Waals surface area contributed by atoms with Crippen LogP contribution in [0.3, 0.4) is 0 Å². The third-order valence-corrected chi connectivity index (χ3v) is 12.2. The van der Waals surface area contributed by atoms with Crippen LogP contribution in [0.25, 0.3) is 85.5 Å². The Morgan fingerprint density at radius 3 is 1.76 bits per heavy atom. The van der Waals surface area contributed by atoms with Crippen molar-refractivity contribution in [3.63, 3.8) is 0 Å². The molecule has 252 valence electrons. The largest absolute Gasteiger partial charge is 0.309 e. The summed E-state index contributed by atoms with van der Waals surface area (Å²) in [6.07, 6.45) is 0. The first-order chi connectivity index (χ1) is 26.8. The van der Waals surface area contributed by atoms with E-state index in [0.29, 0.717) is 0 Å². The van der Waals surface area contributed by atoms with E-state index >= 15 is 0 Å². The molecule has 0 amide bonds. The second-order valence-electron chi connectivity index (χ2n) is 14.1. The average Bonchev–Trinajstić information content (AvgIpc) is 3.64. The van der Waals surface area contributed by atoms with E-state index in [4.69, 9.17) is 0 Å². The summed E-state index contributed by atoms with van der Waals surface area (Å²) in [7, 11) is 0. The number of anilines is 3. The molecule has 0 bridgehead atoms. The Morgan fingerprint density at radius 1 is 0.333 bits per heavy atom. The van der Waals surface area contributed by atoms with E-state index < -0.39 is 0 Å². The maximum absolute atomic E-state index is 2.51. The van der Waals surface area contributed by atoms with Crippen LogP contribution < -0.4 is 4.90 Å². The van der Waals surface area contributed by atoms with Gasteiger partial charge in [-0.2, -0.15) is 0 Å². The average molecular weight is 704 g/mol. The van der Waals surface area contributed by atoms with E-state index in [9.17, 15) is 0 Å². The summed E-state index contributed by atoms with van der Waals surface area (Å²) in [6, 6.07) is 73.6. The molecule has 0 saturated carbocycles. The smallest absolute Gasteiger partial charge is 0.0555 e. The Kier molecular flexibility index (Phi) is 7.11.